The highest BCUT2D eigenvalue weighted by molar-refractivity contribution is 5.97. The van der Waals surface area contributed by atoms with Crippen molar-refractivity contribution < 1.29 is 9.18 Å². The van der Waals surface area contributed by atoms with Crippen LogP contribution in [0.1, 0.15) is 29.8 Å². The zero-order valence-corrected chi connectivity index (χ0v) is 10.0. The van der Waals surface area contributed by atoms with E-state index in [0.717, 1.165) is 12.1 Å². The Kier molecular flexibility index (Phi) is 4.62. The van der Waals surface area contributed by atoms with E-state index in [1.807, 2.05) is 13.8 Å². The first-order chi connectivity index (χ1) is 7.54. The van der Waals surface area contributed by atoms with Crippen molar-refractivity contribution in [3.05, 3.63) is 35.1 Å². The van der Waals surface area contributed by atoms with E-state index in [9.17, 15) is 9.18 Å². The maximum absolute atomic E-state index is 13.1. The number of rotatable bonds is 5. The molecule has 0 spiro atoms. The third kappa shape index (κ3) is 3.42. The number of hydrogen-bond donors (Lipinski definition) is 1. The molecule has 0 saturated carbocycles. The number of carbonyl (C=O) groups excluding carboxylic acids is 1. The van der Waals surface area contributed by atoms with Gasteiger partial charge in [-0.3, -0.25) is 4.79 Å². The quantitative estimate of drug-likeness (QED) is 0.777. The number of nitrogens with one attached hydrogen (secondary N) is 1. The van der Waals surface area contributed by atoms with Gasteiger partial charge in [0.2, 0.25) is 0 Å². The predicted molar refractivity (Wildman–Crippen MR) is 63.2 cm³/mol. The molecule has 0 radical (unpaired) electrons. The molecule has 0 saturated heterocycles. The first-order valence-electron chi connectivity index (χ1n) is 5.56. The van der Waals surface area contributed by atoms with Crippen LogP contribution in [0.4, 0.5) is 4.39 Å². The lowest BCUT2D eigenvalue weighted by molar-refractivity contribution is 0.0929. The molecule has 0 amide bonds. The lowest BCUT2D eigenvalue weighted by Crippen LogP contribution is -2.26. The predicted octanol–water partition coefficient (Wildman–Crippen LogP) is 2.56. The van der Waals surface area contributed by atoms with Crippen LogP contribution in [-0.4, -0.2) is 18.9 Å². The van der Waals surface area contributed by atoms with Gasteiger partial charge in [-0.05, 0) is 37.2 Å². The summed E-state index contributed by atoms with van der Waals surface area (Å²) in [4.78, 5) is 11.9. The maximum Gasteiger partial charge on any atom is 0.167 e. The van der Waals surface area contributed by atoms with Crippen LogP contribution in [-0.2, 0) is 0 Å². The largest absolute Gasteiger partial charge is 0.316 e. The molecular formula is C13H18FNO. The van der Waals surface area contributed by atoms with E-state index < -0.39 is 0 Å². The fourth-order valence-corrected chi connectivity index (χ4v) is 1.62. The zero-order valence-electron chi connectivity index (χ0n) is 10.0. The minimum atomic E-state index is -0.348. The van der Waals surface area contributed by atoms with Crippen LogP contribution in [0, 0.1) is 18.7 Å². The molecule has 2 nitrogen and oxygen atoms in total. The molecule has 0 heterocycles. The van der Waals surface area contributed by atoms with Gasteiger partial charge in [0.15, 0.2) is 5.78 Å². The van der Waals surface area contributed by atoms with Crippen LogP contribution < -0.4 is 5.32 Å². The molecule has 88 valence electrons. The number of benzene rings is 1. The van der Waals surface area contributed by atoms with Crippen LogP contribution in [0.2, 0.25) is 0 Å². The molecule has 16 heavy (non-hydrogen) atoms. The summed E-state index contributed by atoms with van der Waals surface area (Å²) in [6, 6.07) is 4.46. The summed E-state index contributed by atoms with van der Waals surface area (Å²) >= 11 is 0. The molecule has 0 aliphatic rings. The highest BCUT2D eigenvalue weighted by Gasteiger charge is 2.15. The van der Waals surface area contributed by atoms with Gasteiger partial charge in [-0.25, -0.2) is 4.39 Å². The van der Waals surface area contributed by atoms with Crippen molar-refractivity contribution >= 4 is 5.78 Å². The van der Waals surface area contributed by atoms with E-state index in [2.05, 4.69) is 5.32 Å². The summed E-state index contributed by atoms with van der Waals surface area (Å²) in [5, 5.41) is 3.11. The van der Waals surface area contributed by atoms with Crippen LogP contribution in [0.25, 0.3) is 0 Å². The van der Waals surface area contributed by atoms with Gasteiger partial charge in [0.1, 0.15) is 5.82 Å². The molecule has 0 bridgehead atoms. The Morgan fingerprint density at radius 2 is 2.12 bits per heavy atom. The molecule has 0 fully saturated rings. The second kappa shape index (κ2) is 5.75. The van der Waals surface area contributed by atoms with Gasteiger partial charge < -0.3 is 5.32 Å². The molecule has 0 aromatic heterocycles. The van der Waals surface area contributed by atoms with E-state index in [0.29, 0.717) is 12.1 Å². The van der Waals surface area contributed by atoms with Crippen molar-refractivity contribution in [3.8, 4) is 0 Å². The standard InChI is InChI=1S/C13H18FNO/c1-4-15-8-10(3)13(16)11-5-9(2)6-12(14)7-11/h5-7,10,15H,4,8H2,1-3H3. The summed E-state index contributed by atoms with van der Waals surface area (Å²) in [5.41, 5.74) is 1.24. The van der Waals surface area contributed by atoms with Gasteiger partial charge >= 0.3 is 0 Å². The summed E-state index contributed by atoms with van der Waals surface area (Å²) in [6.45, 7) is 7.09. The lowest BCUT2D eigenvalue weighted by Gasteiger charge is -2.11. The molecule has 1 aromatic rings. The Morgan fingerprint density at radius 3 is 2.69 bits per heavy atom. The maximum atomic E-state index is 13.1. The molecule has 1 atom stereocenters. The van der Waals surface area contributed by atoms with Crippen molar-refractivity contribution in [2.75, 3.05) is 13.1 Å². The van der Waals surface area contributed by atoms with E-state index in [-0.39, 0.29) is 17.5 Å². The minimum absolute atomic E-state index is 0.0106. The topological polar surface area (TPSA) is 29.1 Å². The van der Waals surface area contributed by atoms with Crippen molar-refractivity contribution in [1.82, 2.24) is 5.32 Å². The zero-order chi connectivity index (χ0) is 12.1. The summed E-state index contributed by atoms with van der Waals surface area (Å²) < 4.78 is 13.1. The molecule has 3 heteroatoms. The van der Waals surface area contributed by atoms with E-state index in [1.54, 1.807) is 13.0 Å². The van der Waals surface area contributed by atoms with Gasteiger partial charge in [-0.15, -0.1) is 0 Å². The fourth-order valence-electron chi connectivity index (χ4n) is 1.62. The molecular weight excluding hydrogens is 205 g/mol. The van der Waals surface area contributed by atoms with Crippen LogP contribution in [0.15, 0.2) is 18.2 Å². The smallest absolute Gasteiger partial charge is 0.167 e. The first kappa shape index (κ1) is 12.8. The Balaban J connectivity index is 2.79. The third-order valence-electron chi connectivity index (χ3n) is 2.47. The number of hydrogen-bond acceptors (Lipinski definition) is 2. The number of aryl methyl sites for hydroxylation is 1. The summed E-state index contributed by atoms with van der Waals surface area (Å²) in [6.07, 6.45) is 0. The van der Waals surface area contributed by atoms with Gasteiger partial charge in [0, 0.05) is 18.0 Å². The van der Waals surface area contributed by atoms with E-state index >= 15 is 0 Å². The second-order valence-electron chi connectivity index (χ2n) is 4.09. The molecule has 0 aliphatic heterocycles. The van der Waals surface area contributed by atoms with E-state index in [4.69, 9.17) is 0 Å². The van der Waals surface area contributed by atoms with Crippen LogP contribution in [0.5, 0.6) is 0 Å². The average Bonchev–Trinajstić information content (AvgIpc) is 2.23. The summed E-state index contributed by atoms with van der Waals surface area (Å²) in [7, 11) is 0. The Hall–Kier alpha value is -1.22. The first-order valence-corrected chi connectivity index (χ1v) is 5.56. The Bertz CT molecular complexity index is 356. The fraction of sp³-hybridized carbons (Fsp3) is 0.462. The van der Waals surface area contributed by atoms with E-state index in [1.165, 1.54) is 12.1 Å². The number of Topliss-reactive ketones (excluding diaryl/α,β-unsaturated/α-hetero) is 1. The van der Waals surface area contributed by atoms with Crippen molar-refractivity contribution in [2.24, 2.45) is 5.92 Å². The second-order valence-corrected chi connectivity index (χ2v) is 4.09. The average molecular weight is 223 g/mol. The number of ketones is 1. The van der Waals surface area contributed by atoms with Gasteiger partial charge in [0.05, 0.1) is 0 Å². The third-order valence-corrected chi connectivity index (χ3v) is 2.47. The molecule has 1 aromatic carbocycles. The van der Waals surface area contributed by atoms with Gasteiger partial charge in [-0.1, -0.05) is 13.8 Å². The van der Waals surface area contributed by atoms with Crippen molar-refractivity contribution in [1.29, 1.82) is 0 Å². The van der Waals surface area contributed by atoms with Gasteiger partial charge in [0.25, 0.3) is 0 Å². The molecule has 1 unspecified atom stereocenters. The molecule has 0 aliphatic carbocycles. The SMILES string of the molecule is CCNCC(C)C(=O)c1cc(C)cc(F)c1. The highest BCUT2D eigenvalue weighted by Crippen LogP contribution is 2.13. The molecule has 1 rings (SSSR count). The van der Waals surface area contributed by atoms with Crippen LogP contribution in [0.3, 0.4) is 0 Å². The van der Waals surface area contributed by atoms with Crippen molar-refractivity contribution in [2.45, 2.75) is 20.8 Å². The highest BCUT2D eigenvalue weighted by atomic mass is 19.1. The monoisotopic (exact) mass is 223 g/mol. The van der Waals surface area contributed by atoms with Crippen LogP contribution >= 0.6 is 0 Å². The van der Waals surface area contributed by atoms with Crippen molar-refractivity contribution in [3.63, 3.8) is 0 Å². The molecule has 1 N–H and O–H groups in total. The Morgan fingerprint density at radius 1 is 1.44 bits per heavy atom. The lowest BCUT2D eigenvalue weighted by atomic mass is 9.98. The normalized spacial score (nSPS) is 12.5. The number of carbonyl (C=O) groups is 1. The minimum Gasteiger partial charge on any atom is -0.316 e. The van der Waals surface area contributed by atoms with Gasteiger partial charge in [-0.2, -0.15) is 0 Å². The summed E-state index contributed by atoms with van der Waals surface area (Å²) in [5.74, 6) is -0.483. The Labute approximate surface area is 95.9 Å². The number of halogens is 1.